The summed E-state index contributed by atoms with van der Waals surface area (Å²) in [5, 5.41) is 6.06. The van der Waals surface area contributed by atoms with E-state index in [1.807, 2.05) is 6.20 Å². The quantitative estimate of drug-likeness (QED) is 0.462. The summed E-state index contributed by atoms with van der Waals surface area (Å²) in [5.74, 6) is -0.412. The molecular weight excluding hydrogens is 357 g/mol. The van der Waals surface area contributed by atoms with Crippen LogP contribution in [0.15, 0.2) is 42.6 Å². The first-order chi connectivity index (χ1) is 12.2. The van der Waals surface area contributed by atoms with Crippen LogP contribution in [0.1, 0.15) is 12.1 Å². The first kappa shape index (κ1) is 15.0. The number of hydrogen-bond acceptors (Lipinski definition) is 3. The average Bonchev–Trinajstić information content (AvgIpc) is 3.31. The topological polar surface area (TPSA) is 30.7 Å². The summed E-state index contributed by atoms with van der Waals surface area (Å²) in [5.41, 5.74) is 5.18. The van der Waals surface area contributed by atoms with Gasteiger partial charge in [0.2, 0.25) is 0 Å². The molecule has 0 saturated carbocycles. The summed E-state index contributed by atoms with van der Waals surface area (Å²) in [6.07, 6.45) is 3.98. The van der Waals surface area contributed by atoms with E-state index in [-0.39, 0.29) is 5.02 Å². The van der Waals surface area contributed by atoms with Gasteiger partial charge in [0.05, 0.1) is 9.72 Å². The zero-order valence-electron chi connectivity index (χ0n) is 13.2. The van der Waals surface area contributed by atoms with Gasteiger partial charge in [-0.3, -0.25) is 4.68 Å². The molecule has 124 valence electrons. The van der Waals surface area contributed by atoms with Gasteiger partial charge in [-0.2, -0.15) is 9.47 Å². The van der Waals surface area contributed by atoms with E-state index in [1.54, 1.807) is 12.1 Å². The molecule has 4 aromatic rings. The molecule has 0 N–H and O–H groups in total. The number of rotatable bonds is 2. The smallest absolute Gasteiger partial charge is 0.141 e. The highest BCUT2D eigenvalue weighted by atomic mass is 35.5. The van der Waals surface area contributed by atoms with Crippen molar-refractivity contribution in [2.75, 3.05) is 0 Å². The Labute approximate surface area is 152 Å². The number of benzene rings is 2. The van der Waals surface area contributed by atoms with Gasteiger partial charge in [0.25, 0.3) is 0 Å². The molecule has 25 heavy (non-hydrogen) atoms. The molecule has 0 saturated heterocycles. The highest BCUT2D eigenvalue weighted by Gasteiger charge is 2.24. The molecule has 6 heteroatoms. The molecule has 0 amide bonds. The summed E-state index contributed by atoms with van der Waals surface area (Å²) in [6.45, 7) is 0.917. The van der Waals surface area contributed by atoms with Gasteiger partial charge >= 0.3 is 0 Å². The maximum atomic E-state index is 13.6. The second-order valence-corrected chi connectivity index (χ2v) is 7.44. The second kappa shape index (κ2) is 5.64. The molecule has 1 aliphatic heterocycles. The van der Waals surface area contributed by atoms with Crippen LogP contribution in [-0.4, -0.2) is 14.2 Å². The molecule has 0 aliphatic carbocycles. The first-order valence-electron chi connectivity index (χ1n) is 8.10. The van der Waals surface area contributed by atoms with Crippen LogP contribution in [-0.2, 0) is 13.0 Å². The second-order valence-electron chi connectivity index (χ2n) is 6.20. The minimum absolute atomic E-state index is 0.120. The van der Waals surface area contributed by atoms with Crippen molar-refractivity contribution >= 4 is 33.2 Å². The fourth-order valence-electron chi connectivity index (χ4n) is 3.50. The van der Waals surface area contributed by atoms with Gasteiger partial charge in [0.1, 0.15) is 11.5 Å². The number of aromatic nitrogens is 3. The lowest BCUT2D eigenvalue weighted by molar-refractivity contribution is 0.628. The molecule has 0 bridgehead atoms. The van der Waals surface area contributed by atoms with Crippen molar-refractivity contribution in [2.45, 2.75) is 19.4 Å². The van der Waals surface area contributed by atoms with Gasteiger partial charge in [-0.25, -0.2) is 4.39 Å². The zero-order chi connectivity index (χ0) is 17.0. The maximum absolute atomic E-state index is 13.6. The third kappa shape index (κ3) is 2.38. The SMILES string of the molecule is Fc1ccc(-c2nn3c(c2-c2ccc4cnsc4c2)CCC3)cc1Cl. The lowest BCUT2D eigenvalue weighted by atomic mass is 9.97. The lowest BCUT2D eigenvalue weighted by Gasteiger charge is -2.07. The van der Waals surface area contributed by atoms with E-state index in [0.29, 0.717) is 0 Å². The molecule has 0 spiro atoms. The third-order valence-electron chi connectivity index (χ3n) is 4.68. The molecule has 0 unspecified atom stereocenters. The van der Waals surface area contributed by atoms with E-state index >= 15 is 0 Å². The molecular formula is C19H13ClFN3S. The summed E-state index contributed by atoms with van der Waals surface area (Å²) < 4.78 is 21.1. The fourth-order valence-corrected chi connectivity index (χ4v) is 4.36. The molecule has 0 atom stereocenters. The van der Waals surface area contributed by atoms with Crippen molar-refractivity contribution in [3.05, 3.63) is 59.1 Å². The molecule has 3 nitrogen and oxygen atoms in total. The average molecular weight is 370 g/mol. The Kier molecular flexibility index (Phi) is 3.40. The molecule has 2 aromatic carbocycles. The Bertz CT molecular complexity index is 1120. The van der Waals surface area contributed by atoms with E-state index in [9.17, 15) is 4.39 Å². The van der Waals surface area contributed by atoms with Crippen LogP contribution in [0.4, 0.5) is 4.39 Å². The van der Waals surface area contributed by atoms with Gasteiger partial charge in [-0.15, -0.1) is 0 Å². The Morgan fingerprint density at radius 1 is 1.12 bits per heavy atom. The van der Waals surface area contributed by atoms with Gasteiger partial charge in [0, 0.05) is 34.9 Å². The molecule has 0 radical (unpaired) electrons. The van der Waals surface area contributed by atoms with E-state index in [1.165, 1.54) is 23.3 Å². The minimum atomic E-state index is -0.412. The summed E-state index contributed by atoms with van der Waals surface area (Å²) in [6, 6.07) is 11.2. The molecule has 1 aliphatic rings. The van der Waals surface area contributed by atoms with Crippen LogP contribution in [0.2, 0.25) is 5.02 Å². The van der Waals surface area contributed by atoms with Crippen molar-refractivity contribution in [3.63, 3.8) is 0 Å². The van der Waals surface area contributed by atoms with Crippen molar-refractivity contribution in [1.82, 2.24) is 14.2 Å². The highest BCUT2D eigenvalue weighted by Crippen LogP contribution is 2.39. The Morgan fingerprint density at radius 3 is 2.88 bits per heavy atom. The lowest BCUT2D eigenvalue weighted by Crippen LogP contribution is -1.94. The molecule has 3 heterocycles. The molecule has 2 aromatic heterocycles. The predicted octanol–water partition coefficient (Wildman–Crippen LogP) is 5.57. The van der Waals surface area contributed by atoms with Crippen molar-refractivity contribution in [1.29, 1.82) is 0 Å². The first-order valence-corrected chi connectivity index (χ1v) is 9.26. The van der Waals surface area contributed by atoms with E-state index in [4.69, 9.17) is 16.7 Å². The standard InChI is InChI=1S/C19H13ClFN3S/c20-14-8-12(5-6-15(14)21)19-18(16-2-1-7-24(16)23-19)11-3-4-13-10-22-25-17(13)9-11/h3-6,8-10H,1-2,7H2. The van der Waals surface area contributed by atoms with Crippen LogP contribution < -0.4 is 0 Å². The monoisotopic (exact) mass is 369 g/mol. The normalized spacial score (nSPS) is 13.5. The zero-order valence-corrected chi connectivity index (χ0v) is 14.7. The highest BCUT2D eigenvalue weighted by molar-refractivity contribution is 7.13. The third-order valence-corrected chi connectivity index (χ3v) is 5.73. The summed E-state index contributed by atoms with van der Waals surface area (Å²) in [4.78, 5) is 0. The van der Waals surface area contributed by atoms with Gasteiger partial charge in [-0.05, 0) is 54.2 Å². The van der Waals surface area contributed by atoms with Gasteiger partial charge < -0.3 is 0 Å². The van der Waals surface area contributed by atoms with Crippen LogP contribution in [0.3, 0.4) is 0 Å². The predicted molar refractivity (Wildman–Crippen MR) is 99.6 cm³/mol. The molecule has 0 fully saturated rings. The number of halogens is 2. The minimum Gasteiger partial charge on any atom is -0.268 e. The number of aryl methyl sites for hydroxylation is 1. The van der Waals surface area contributed by atoms with Crippen LogP contribution >= 0.6 is 23.1 Å². The van der Waals surface area contributed by atoms with Crippen molar-refractivity contribution in [3.8, 4) is 22.4 Å². The number of hydrogen-bond donors (Lipinski definition) is 0. The van der Waals surface area contributed by atoms with Gasteiger partial charge in [-0.1, -0.05) is 23.7 Å². The van der Waals surface area contributed by atoms with E-state index in [2.05, 4.69) is 27.3 Å². The fraction of sp³-hybridized carbons (Fsp3) is 0.158. The maximum Gasteiger partial charge on any atom is 0.141 e. The van der Waals surface area contributed by atoms with Crippen LogP contribution in [0, 0.1) is 5.82 Å². The summed E-state index contributed by atoms with van der Waals surface area (Å²) in [7, 11) is 0. The van der Waals surface area contributed by atoms with Crippen LogP contribution in [0.5, 0.6) is 0 Å². The van der Waals surface area contributed by atoms with Gasteiger partial charge in [0.15, 0.2) is 0 Å². The van der Waals surface area contributed by atoms with Crippen molar-refractivity contribution < 1.29 is 4.39 Å². The number of fused-ring (bicyclic) bond motifs is 2. The number of nitrogens with zero attached hydrogens (tertiary/aromatic N) is 3. The largest absolute Gasteiger partial charge is 0.268 e. The van der Waals surface area contributed by atoms with E-state index in [0.717, 1.165) is 51.9 Å². The Morgan fingerprint density at radius 2 is 2.00 bits per heavy atom. The van der Waals surface area contributed by atoms with Crippen molar-refractivity contribution in [2.24, 2.45) is 0 Å². The Balaban J connectivity index is 1.76. The molecule has 5 rings (SSSR count). The van der Waals surface area contributed by atoms with Crippen LogP contribution in [0.25, 0.3) is 32.5 Å². The van der Waals surface area contributed by atoms with E-state index < -0.39 is 5.82 Å². The summed E-state index contributed by atoms with van der Waals surface area (Å²) >= 11 is 7.49. The Hall–Kier alpha value is -2.24.